The molecule has 0 saturated carbocycles. The zero-order chi connectivity index (χ0) is 41.5. The van der Waals surface area contributed by atoms with Gasteiger partial charge in [0.2, 0.25) is 0 Å². The maximum absolute atomic E-state index is 2.61. The Morgan fingerprint density at radius 2 is 1.10 bits per heavy atom. The van der Waals surface area contributed by atoms with Crippen molar-refractivity contribution < 1.29 is 0 Å². The van der Waals surface area contributed by atoms with Gasteiger partial charge in [0.1, 0.15) is 0 Å². The average Bonchev–Trinajstić information content (AvgIpc) is 3.36. The van der Waals surface area contributed by atoms with Crippen LogP contribution in [0.15, 0.2) is 241 Å². The van der Waals surface area contributed by atoms with E-state index in [1.54, 1.807) is 0 Å². The van der Waals surface area contributed by atoms with Crippen molar-refractivity contribution in [2.24, 2.45) is 0 Å². The van der Waals surface area contributed by atoms with E-state index in [1.807, 2.05) is 0 Å². The van der Waals surface area contributed by atoms with Gasteiger partial charge in [0, 0.05) is 28.4 Å². The van der Waals surface area contributed by atoms with E-state index in [0.717, 1.165) is 62.0 Å². The van der Waals surface area contributed by atoms with Crippen LogP contribution in [0.2, 0.25) is 0 Å². The molecule has 1 atom stereocenters. The molecule has 0 saturated heterocycles. The zero-order valence-corrected chi connectivity index (χ0v) is 35.3. The summed E-state index contributed by atoms with van der Waals surface area (Å²) in [6.07, 6.45) is 33.1. The molecule has 0 N–H and O–H groups in total. The lowest BCUT2D eigenvalue weighted by Crippen LogP contribution is -2.34. The van der Waals surface area contributed by atoms with Crippen molar-refractivity contribution in [3.8, 4) is 22.3 Å². The third kappa shape index (κ3) is 8.42. The molecule has 0 radical (unpaired) electrons. The van der Waals surface area contributed by atoms with Crippen LogP contribution >= 0.6 is 0 Å². The van der Waals surface area contributed by atoms with Crippen LogP contribution in [0.5, 0.6) is 0 Å². The molecule has 2 nitrogen and oxygen atoms in total. The molecule has 0 amide bonds. The van der Waals surface area contributed by atoms with Crippen molar-refractivity contribution in [3.63, 3.8) is 0 Å². The predicted molar refractivity (Wildman–Crippen MR) is 265 cm³/mol. The molecule has 6 aromatic carbocycles. The molecule has 6 aromatic rings. The summed E-state index contributed by atoms with van der Waals surface area (Å²) in [5.41, 5.74) is 18.9. The molecule has 0 bridgehead atoms. The SMILES string of the molecule is C1=CCCC(C2=CC=C(N(c3ccc(-c4ccc(N(c5ccccc5)c5cccc(C6=CCCC=C6)c5)cc4)c(-c4ccccc4)c3)C3C=CC(c4ccccc4)=CC3)CC2)=C1. The topological polar surface area (TPSA) is 6.48 Å². The first-order chi connectivity index (χ1) is 30.7. The minimum Gasteiger partial charge on any atom is -0.338 e. The summed E-state index contributed by atoms with van der Waals surface area (Å²) >= 11 is 0. The van der Waals surface area contributed by atoms with Gasteiger partial charge in [-0.05, 0) is 155 Å². The molecule has 302 valence electrons. The van der Waals surface area contributed by atoms with E-state index >= 15 is 0 Å². The van der Waals surface area contributed by atoms with Gasteiger partial charge in [-0.25, -0.2) is 0 Å². The predicted octanol–water partition coefficient (Wildman–Crippen LogP) is 16.3. The number of benzene rings is 6. The van der Waals surface area contributed by atoms with Crippen LogP contribution in [0, 0.1) is 0 Å². The lowest BCUT2D eigenvalue weighted by Gasteiger charge is -2.37. The van der Waals surface area contributed by atoms with Gasteiger partial charge in [-0.2, -0.15) is 0 Å². The van der Waals surface area contributed by atoms with E-state index in [-0.39, 0.29) is 6.04 Å². The Labute approximate surface area is 367 Å². The van der Waals surface area contributed by atoms with Gasteiger partial charge in [-0.3, -0.25) is 0 Å². The number of hydrogen-bond acceptors (Lipinski definition) is 2. The highest BCUT2D eigenvalue weighted by molar-refractivity contribution is 5.88. The lowest BCUT2D eigenvalue weighted by atomic mass is 9.89. The highest BCUT2D eigenvalue weighted by Gasteiger charge is 2.26. The minimum atomic E-state index is 0.196. The van der Waals surface area contributed by atoms with Crippen LogP contribution in [-0.2, 0) is 0 Å². The van der Waals surface area contributed by atoms with Gasteiger partial charge >= 0.3 is 0 Å². The van der Waals surface area contributed by atoms with Gasteiger partial charge in [-0.1, -0.05) is 170 Å². The monoisotopic (exact) mass is 800 g/mol. The molecule has 2 heteroatoms. The maximum atomic E-state index is 2.61. The summed E-state index contributed by atoms with van der Waals surface area (Å²) in [5.74, 6) is 0. The van der Waals surface area contributed by atoms with Crippen LogP contribution in [0.25, 0.3) is 33.4 Å². The highest BCUT2D eigenvalue weighted by atomic mass is 15.2. The number of para-hydroxylation sites is 1. The van der Waals surface area contributed by atoms with E-state index in [0.29, 0.717) is 0 Å². The number of anilines is 4. The van der Waals surface area contributed by atoms with Gasteiger partial charge < -0.3 is 9.80 Å². The molecule has 4 aliphatic rings. The summed E-state index contributed by atoms with van der Waals surface area (Å²) in [4.78, 5) is 4.98. The van der Waals surface area contributed by atoms with Crippen LogP contribution in [0.1, 0.15) is 56.1 Å². The van der Waals surface area contributed by atoms with Crippen molar-refractivity contribution in [1.29, 1.82) is 0 Å². The summed E-state index contributed by atoms with van der Waals surface area (Å²) in [7, 11) is 0. The van der Waals surface area contributed by atoms with Crippen LogP contribution in [0.3, 0.4) is 0 Å². The standard InChI is InChI=1S/C60H52N2/c1-6-17-45(18-7-1)48-29-35-54(36-30-48)62(55-37-31-49(32-38-55)46-19-8-2-9-20-46)58-41-42-59(60(44-58)50-23-12-4-13-24-50)51-33-39-56(40-34-51)61(53-26-14-5-15-27-53)57-28-16-25-52(43-57)47-21-10-3-11-22-47/h1-2,4-8,10,12-19,21-31,33-35,37,39-44,54H,3,9,11,20,32,36,38H2. The largest absolute Gasteiger partial charge is 0.338 e. The number of hydrogen-bond donors (Lipinski definition) is 0. The fraction of sp³-hybridized carbons (Fsp3) is 0.133. The van der Waals surface area contributed by atoms with Gasteiger partial charge in [-0.15, -0.1) is 0 Å². The van der Waals surface area contributed by atoms with Crippen molar-refractivity contribution in [2.45, 2.75) is 51.0 Å². The Balaban J connectivity index is 1.03. The fourth-order valence-electron chi connectivity index (χ4n) is 9.44. The van der Waals surface area contributed by atoms with E-state index in [4.69, 9.17) is 0 Å². The second-order valence-electron chi connectivity index (χ2n) is 16.6. The van der Waals surface area contributed by atoms with Crippen LogP contribution < -0.4 is 9.80 Å². The normalized spacial score (nSPS) is 17.0. The lowest BCUT2D eigenvalue weighted by molar-refractivity contribution is 0.714. The third-order valence-corrected chi connectivity index (χ3v) is 12.6. The summed E-state index contributed by atoms with van der Waals surface area (Å²) in [5, 5.41) is 0. The summed E-state index contributed by atoms with van der Waals surface area (Å²) in [6, 6.07) is 57.8. The van der Waals surface area contributed by atoms with Gasteiger partial charge in [0.25, 0.3) is 0 Å². The molecular formula is C60H52N2. The number of nitrogens with zero attached hydrogens (tertiary/aromatic N) is 2. The molecule has 0 aliphatic heterocycles. The summed E-state index contributed by atoms with van der Waals surface area (Å²) < 4.78 is 0. The second kappa shape index (κ2) is 18.2. The molecule has 62 heavy (non-hydrogen) atoms. The smallest absolute Gasteiger partial charge is 0.0557 e. The molecule has 0 fully saturated rings. The molecule has 4 aliphatic carbocycles. The molecule has 0 aromatic heterocycles. The molecular weight excluding hydrogens is 749 g/mol. The van der Waals surface area contributed by atoms with Crippen molar-refractivity contribution in [3.05, 3.63) is 253 Å². The van der Waals surface area contributed by atoms with Gasteiger partial charge in [0.05, 0.1) is 6.04 Å². The van der Waals surface area contributed by atoms with Crippen LogP contribution in [0.4, 0.5) is 22.7 Å². The molecule has 0 heterocycles. The first-order valence-corrected chi connectivity index (χ1v) is 22.4. The quantitative estimate of drug-likeness (QED) is 0.129. The Hall–Kier alpha value is -7.16. The third-order valence-electron chi connectivity index (χ3n) is 12.6. The zero-order valence-electron chi connectivity index (χ0n) is 35.3. The van der Waals surface area contributed by atoms with E-state index in [9.17, 15) is 0 Å². The molecule has 1 unspecified atom stereocenters. The number of allylic oxidation sites excluding steroid dienone is 14. The Morgan fingerprint density at radius 1 is 0.419 bits per heavy atom. The van der Waals surface area contributed by atoms with Crippen LogP contribution in [-0.4, -0.2) is 6.04 Å². The Kier molecular flexibility index (Phi) is 11.5. The van der Waals surface area contributed by atoms with Crippen molar-refractivity contribution >= 4 is 33.9 Å². The van der Waals surface area contributed by atoms with E-state index in [2.05, 4.69) is 234 Å². The Bertz CT molecular complexity index is 2790. The fourth-order valence-corrected chi connectivity index (χ4v) is 9.44. The average molecular weight is 801 g/mol. The van der Waals surface area contributed by atoms with E-state index in [1.165, 1.54) is 67.1 Å². The Morgan fingerprint density at radius 3 is 1.79 bits per heavy atom. The number of rotatable bonds is 11. The first-order valence-electron chi connectivity index (χ1n) is 22.4. The van der Waals surface area contributed by atoms with Crippen molar-refractivity contribution in [1.82, 2.24) is 0 Å². The van der Waals surface area contributed by atoms with Gasteiger partial charge in [0.15, 0.2) is 0 Å². The molecule has 0 spiro atoms. The molecule has 10 rings (SSSR count). The maximum Gasteiger partial charge on any atom is 0.0557 e. The summed E-state index contributed by atoms with van der Waals surface area (Å²) in [6.45, 7) is 0. The second-order valence-corrected chi connectivity index (χ2v) is 16.6. The van der Waals surface area contributed by atoms with Crippen molar-refractivity contribution in [2.75, 3.05) is 9.80 Å². The minimum absolute atomic E-state index is 0.196. The highest BCUT2D eigenvalue weighted by Crippen LogP contribution is 2.42. The first kappa shape index (κ1) is 39.0. The van der Waals surface area contributed by atoms with E-state index < -0.39 is 0 Å².